The van der Waals surface area contributed by atoms with Crippen molar-refractivity contribution >= 4 is 10.9 Å². The highest BCUT2D eigenvalue weighted by Crippen LogP contribution is 2.20. The fraction of sp³-hybridized carbons (Fsp3) is 0.182. The van der Waals surface area contributed by atoms with Gasteiger partial charge in [-0.3, -0.25) is 4.79 Å². The van der Waals surface area contributed by atoms with E-state index in [2.05, 4.69) is 4.98 Å². The van der Waals surface area contributed by atoms with Crippen LogP contribution in [0, 0.1) is 5.82 Å². The van der Waals surface area contributed by atoms with Gasteiger partial charge in [-0.25, -0.2) is 4.39 Å². The Kier molecular flexibility index (Phi) is 2.19. The van der Waals surface area contributed by atoms with E-state index in [-0.39, 0.29) is 5.82 Å². The van der Waals surface area contributed by atoms with Crippen LogP contribution in [0.2, 0.25) is 0 Å². The summed E-state index contributed by atoms with van der Waals surface area (Å²) in [6, 6.07) is 3.94. The van der Waals surface area contributed by atoms with Gasteiger partial charge in [0.25, 0.3) is 5.56 Å². The topological polar surface area (TPSA) is 53.1 Å². The van der Waals surface area contributed by atoms with E-state index in [1.807, 2.05) is 6.92 Å². The number of benzene rings is 1. The summed E-state index contributed by atoms with van der Waals surface area (Å²) in [6.45, 7) is 1.87. The smallest absolute Gasteiger partial charge is 0.290 e. The highest BCUT2D eigenvalue weighted by molar-refractivity contribution is 5.82. The third-order valence-electron chi connectivity index (χ3n) is 2.36. The van der Waals surface area contributed by atoms with Crippen molar-refractivity contribution < 1.29 is 9.50 Å². The van der Waals surface area contributed by atoms with Crippen molar-refractivity contribution in [3.8, 4) is 5.75 Å². The summed E-state index contributed by atoms with van der Waals surface area (Å²) < 4.78 is 13.1. The lowest BCUT2D eigenvalue weighted by atomic mass is 10.1. The second-order valence-electron chi connectivity index (χ2n) is 3.37. The third kappa shape index (κ3) is 1.58. The number of aryl methyl sites for hydroxylation is 1. The lowest BCUT2D eigenvalue weighted by molar-refractivity contribution is 0.468. The fourth-order valence-corrected chi connectivity index (χ4v) is 1.62. The number of aromatic nitrogens is 1. The first-order chi connectivity index (χ1) is 7.11. The molecule has 15 heavy (non-hydrogen) atoms. The Hall–Kier alpha value is -1.84. The zero-order chi connectivity index (χ0) is 11.0. The van der Waals surface area contributed by atoms with Crippen LogP contribution in [0.3, 0.4) is 0 Å². The molecule has 0 atom stereocenters. The summed E-state index contributed by atoms with van der Waals surface area (Å²) in [6.07, 6.45) is 0.620. The maximum atomic E-state index is 13.1. The lowest BCUT2D eigenvalue weighted by Crippen LogP contribution is -2.06. The van der Waals surface area contributed by atoms with Gasteiger partial charge in [0.15, 0.2) is 5.75 Å². The molecule has 2 rings (SSSR count). The van der Waals surface area contributed by atoms with E-state index < -0.39 is 11.3 Å². The van der Waals surface area contributed by atoms with Crippen molar-refractivity contribution in [2.75, 3.05) is 0 Å². The molecule has 1 aromatic carbocycles. The molecule has 2 aromatic rings. The number of aromatic hydroxyl groups is 1. The van der Waals surface area contributed by atoms with Gasteiger partial charge in [0.1, 0.15) is 5.82 Å². The van der Waals surface area contributed by atoms with E-state index >= 15 is 0 Å². The van der Waals surface area contributed by atoms with Crippen molar-refractivity contribution in [1.82, 2.24) is 4.98 Å². The molecule has 0 amide bonds. The molecule has 3 nitrogen and oxygen atoms in total. The maximum absolute atomic E-state index is 13.1. The number of aromatic amines is 1. The van der Waals surface area contributed by atoms with Crippen LogP contribution in [-0.4, -0.2) is 10.1 Å². The van der Waals surface area contributed by atoms with Gasteiger partial charge in [-0.2, -0.15) is 0 Å². The maximum Gasteiger partial charge on any atom is 0.290 e. The van der Waals surface area contributed by atoms with Crippen molar-refractivity contribution in [2.45, 2.75) is 13.3 Å². The second kappa shape index (κ2) is 3.38. The summed E-state index contributed by atoms with van der Waals surface area (Å²) in [7, 11) is 0. The van der Waals surface area contributed by atoms with Crippen LogP contribution < -0.4 is 5.56 Å². The molecule has 0 unspecified atom stereocenters. The number of hydrogen-bond acceptors (Lipinski definition) is 2. The molecule has 0 aliphatic carbocycles. The van der Waals surface area contributed by atoms with Gasteiger partial charge in [0.2, 0.25) is 0 Å². The molecule has 0 saturated heterocycles. The van der Waals surface area contributed by atoms with E-state index in [9.17, 15) is 14.3 Å². The first-order valence-corrected chi connectivity index (χ1v) is 4.66. The predicted octanol–water partition coefficient (Wildman–Crippen LogP) is 1.94. The van der Waals surface area contributed by atoms with Gasteiger partial charge in [0, 0.05) is 5.39 Å². The Labute approximate surface area is 85.2 Å². The number of rotatable bonds is 1. The molecule has 0 radical (unpaired) electrons. The number of halogens is 1. The Morgan fingerprint density at radius 1 is 1.40 bits per heavy atom. The van der Waals surface area contributed by atoms with Gasteiger partial charge < -0.3 is 10.1 Å². The zero-order valence-corrected chi connectivity index (χ0v) is 8.17. The number of nitrogens with one attached hydrogen (secondary N) is 1. The summed E-state index contributed by atoms with van der Waals surface area (Å²) >= 11 is 0. The highest BCUT2D eigenvalue weighted by atomic mass is 19.1. The van der Waals surface area contributed by atoms with Crippen LogP contribution in [0.25, 0.3) is 10.9 Å². The van der Waals surface area contributed by atoms with Crippen LogP contribution in [-0.2, 0) is 6.42 Å². The van der Waals surface area contributed by atoms with Crippen LogP contribution >= 0.6 is 0 Å². The predicted molar refractivity (Wildman–Crippen MR) is 55.6 cm³/mol. The van der Waals surface area contributed by atoms with Gasteiger partial charge in [-0.05, 0) is 30.2 Å². The van der Waals surface area contributed by atoms with Gasteiger partial charge in [-0.15, -0.1) is 0 Å². The Bertz CT molecular complexity index is 575. The molecule has 0 aliphatic rings. The molecular formula is C11H10FNO2. The van der Waals surface area contributed by atoms with E-state index in [1.165, 1.54) is 18.2 Å². The molecule has 78 valence electrons. The van der Waals surface area contributed by atoms with Crippen LogP contribution in [0.4, 0.5) is 4.39 Å². The van der Waals surface area contributed by atoms with E-state index in [1.54, 1.807) is 0 Å². The number of H-pyrrole nitrogens is 1. The van der Waals surface area contributed by atoms with Crippen molar-refractivity contribution in [2.24, 2.45) is 0 Å². The Morgan fingerprint density at radius 2 is 2.13 bits per heavy atom. The lowest BCUT2D eigenvalue weighted by Gasteiger charge is -2.04. The molecule has 0 aliphatic heterocycles. The Balaban J connectivity index is 2.91. The summed E-state index contributed by atoms with van der Waals surface area (Å²) in [5, 5.41) is 9.71. The van der Waals surface area contributed by atoms with Crippen LogP contribution in [0.5, 0.6) is 5.75 Å². The van der Waals surface area contributed by atoms with Crippen molar-refractivity contribution in [3.63, 3.8) is 0 Å². The van der Waals surface area contributed by atoms with Gasteiger partial charge in [-0.1, -0.05) is 6.92 Å². The third-order valence-corrected chi connectivity index (χ3v) is 2.36. The van der Waals surface area contributed by atoms with Crippen molar-refractivity contribution in [1.29, 1.82) is 0 Å². The monoisotopic (exact) mass is 207 g/mol. The quantitative estimate of drug-likeness (QED) is 0.750. The first kappa shape index (κ1) is 9.71. The summed E-state index contributed by atoms with van der Waals surface area (Å²) in [4.78, 5) is 13.7. The largest absolute Gasteiger partial charge is 0.503 e. The van der Waals surface area contributed by atoms with Crippen LogP contribution in [0.1, 0.15) is 12.5 Å². The molecular weight excluding hydrogens is 197 g/mol. The van der Waals surface area contributed by atoms with E-state index in [0.29, 0.717) is 17.3 Å². The van der Waals surface area contributed by atoms with E-state index in [0.717, 1.165) is 5.56 Å². The van der Waals surface area contributed by atoms with Gasteiger partial charge >= 0.3 is 0 Å². The Morgan fingerprint density at radius 3 is 2.80 bits per heavy atom. The summed E-state index contributed by atoms with van der Waals surface area (Å²) in [5.41, 5.74) is 0.757. The molecule has 1 heterocycles. The minimum Gasteiger partial charge on any atom is -0.503 e. The molecule has 0 spiro atoms. The minimum absolute atomic E-state index is 0.370. The van der Waals surface area contributed by atoms with Crippen LogP contribution in [0.15, 0.2) is 23.0 Å². The molecule has 0 fully saturated rings. The highest BCUT2D eigenvalue weighted by Gasteiger charge is 2.06. The molecule has 2 N–H and O–H groups in total. The molecule has 0 saturated carbocycles. The van der Waals surface area contributed by atoms with E-state index in [4.69, 9.17) is 0 Å². The van der Waals surface area contributed by atoms with Gasteiger partial charge in [0.05, 0.1) is 5.52 Å². The average Bonchev–Trinajstić information content (AvgIpc) is 2.19. The normalized spacial score (nSPS) is 10.8. The number of fused-ring (bicyclic) bond motifs is 1. The summed E-state index contributed by atoms with van der Waals surface area (Å²) in [5.74, 6) is -0.763. The molecule has 0 bridgehead atoms. The first-order valence-electron chi connectivity index (χ1n) is 4.66. The minimum atomic E-state index is -0.552. The zero-order valence-electron chi connectivity index (χ0n) is 8.17. The SMILES string of the molecule is CCc1cc(F)cc2cc(O)c(=O)[nH]c12. The second-order valence-corrected chi connectivity index (χ2v) is 3.37. The molecule has 4 heteroatoms. The number of hydrogen-bond donors (Lipinski definition) is 2. The molecule has 1 aromatic heterocycles. The average molecular weight is 207 g/mol. The standard InChI is InChI=1S/C11H10FNO2/c1-2-6-3-8(12)4-7-5-9(14)11(15)13-10(6)7/h3-5,14H,2H2,1H3,(H,13,15). The fourth-order valence-electron chi connectivity index (χ4n) is 1.62. The number of pyridine rings is 1. The van der Waals surface area contributed by atoms with Crippen molar-refractivity contribution in [3.05, 3.63) is 39.9 Å².